The fourth-order valence-electron chi connectivity index (χ4n) is 2.74. The first-order chi connectivity index (χ1) is 8.50. The van der Waals surface area contributed by atoms with Crippen molar-refractivity contribution in [2.24, 2.45) is 17.6 Å². The molecule has 0 radical (unpaired) electrons. The molecule has 0 aliphatic carbocycles. The zero-order valence-electron chi connectivity index (χ0n) is 11.4. The summed E-state index contributed by atoms with van der Waals surface area (Å²) in [6, 6.07) is 6.20. The lowest BCUT2D eigenvalue weighted by molar-refractivity contribution is 0.323. The number of rotatable bonds is 2. The molecule has 0 aromatic heterocycles. The Hall–Kier alpha value is -1.09. The molecule has 1 saturated heterocycles. The van der Waals surface area contributed by atoms with E-state index in [-0.39, 0.29) is 0 Å². The van der Waals surface area contributed by atoms with Crippen LogP contribution in [0.2, 0.25) is 0 Å². The van der Waals surface area contributed by atoms with Crippen molar-refractivity contribution in [3.63, 3.8) is 0 Å². The maximum absolute atomic E-state index is 5.86. The summed E-state index contributed by atoms with van der Waals surface area (Å²) < 4.78 is 0. The maximum Gasteiger partial charge on any atom is 0.106 e. The fourth-order valence-corrected chi connectivity index (χ4v) is 2.91. The van der Waals surface area contributed by atoms with Crippen LogP contribution in [-0.2, 0) is 0 Å². The molecule has 1 aliphatic rings. The minimum absolute atomic E-state index is 0.500. The van der Waals surface area contributed by atoms with Crippen LogP contribution in [0, 0.1) is 18.8 Å². The van der Waals surface area contributed by atoms with E-state index in [1.165, 1.54) is 17.7 Å². The third-order valence-corrected chi connectivity index (χ3v) is 4.37. The largest absolute Gasteiger partial charge is 0.389 e. The van der Waals surface area contributed by atoms with Gasteiger partial charge in [-0.05, 0) is 36.8 Å². The molecule has 0 amide bonds. The maximum atomic E-state index is 5.86. The van der Waals surface area contributed by atoms with E-state index in [9.17, 15) is 0 Å². The van der Waals surface area contributed by atoms with Gasteiger partial charge in [0.15, 0.2) is 0 Å². The Kier molecular flexibility index (Phi) is 3.91. The molecule has 2 atom stereocenters. The SMILES string of the molecule is Cc1cccc(C(N)=S)c1N1CCC(C)C(C)C1. The van der Waals surface area contributed by atoms with E-state index in [2.05, 4.69) is 31.7 Å². The van der Waals surface area contributed by atoms with Gasteiger partial charge < -0.3 is 10.6 Å². The number of aryl methyl sites for hydroxylation is 1. The molecule has 2 nitrogen and oxygen atoms in total. The number of piperidine rings is 1. The molecule has 2 unspecified atom stereocenters. The van der Waals surface area contributed by atoms with Crippen molar-refractivity contribution < 1.29 is 0 Å². The average Bonchev–Trinajstić information content (AvgIpc) is 2.32. The predicted octanol–water partition coefficient (Wildman–Crippen LogP) is 3.11. The number of hydrogen-bond acceptors (Lipinski definition) is 2. The molecule has 18 heavy (non-hydrogen) atoms. The van der Waals surface area contributed by atoms with E-state index in [1.807, 2.05) is 12.1 Å². The third-order valence-electron chi connectivity index (χ3n) is 4.15. The van der Waals surface area contributed by atoms with Crippen LogP contribution in [0.15, 0.2) is 18.2 Å². The lowest BCUT2D eigenvalue weighted by Gasteiger charge is -2.38. The Balaban J connectivity index is 2.36. The van der Waals surface area contributed by atoms with Crippen LogP contribution in [0.4, 0.5) is 5.69 Å². The van der Waals surface area contributed by atoms with Gasteiger partial charge in [-0.25, -0.2) is 0 Å². The van der Waals surface area contributed by atoms with Crippen molar-refractivity contribution in [3.05, 3.63) is 29.3 Å². The number of benzene rings is 1. The second kappa shape index (κ2) is 5.27. The standard InChI is InChI=1S/C15H22N2S/c1-10-7-8-17(9-12(10)3)14-11(2)5-4-6-13(14)15(16)18/h4-6,10,12H,7-9H2,1-3H3,(H2,16,18). The number of thiocarbonyl (C=S) groups is 1. The molecule has 0 bridgehead atoms. The first-order valence-electron chi connectivity index (χ1n) is 6.65. The molecule has 2 N–H and O–H groups in total. The summed E-state index contributed by atoms with van der Waals surface area (Å²) >= 11 is 5.18. The molecule has 0 saturated carbocycles. The highest BCUT2D eigenvalue weighted by Gasteiger charge is 2.25. The normalized spacial score (nSPS) is 24.1. The summed E-state index contributed by atoms with van der Waals surface area (Å²) in [6.07, 6.45) is 1.24. The van der Waals surface area contributed by atoms with Crippen molar-refractivity contribution in [3.8, 4) is 0 Å². The number of nitrogens with zero attached hydrogens (tertiary/aromatic N) is 1. The van der Waals surface area contributed by atoms with Crippen molar-refractivity contribution in [1.29, 1.82) is 0 Å². The third kappa shape index (κ3) is 2.51. The monoisotopic (exact) mass is 262 g/mol. The van der Waals surface area contributed by atoms with Gasteiger partial charge in [0.2, 0.25) is 0 Å². The smallest absolute Gasteiger partial charge is 0.106 e. The summed E-state index contributed by atoms with van der Waals surface area (Å²) in [5.41, 5.74) is 9.38. The second-order valence-electron chi connectivity index (χ2n) is 5.52. The van der Waals surface area contributed by atoms with E-state index in [0.29, 0.717) is 4.99 Å². The van der Waals surface area contributed by atoms with Gasteiger partial charge >= 0.3 is 0 Å². The van der Waals surface area contributed by atoms with Gasteiger partial charge in [-0.3, -0.25) is 0 Å². The Bertz CT molecular complexity index is 456. The minimum atomic E-state index is 0.500. The van der Waals surface area contributed by atoms with Crippen LogP contribution in [0.3, 0.4) is 0 Å². The quantitative estimate of drug-likeness (QED) is 0.830. The number of nitrogens with two attached hydrogens (primary N) is 1. The summed E-state index contributed by atoms with van der Waals surface area (Å²) in [7, 11) is 0. The van der Waals surface area contributed by atoms with Gasteiger partial charge in [-0.15, -0.1) is 0 Å². The summed E-state index contributed by atoms with van der Waals surface area (Å²) in [5, 5.41) is 0. The Labute approximate surface area is 115 Å². The zero-order chi connectivity index (χ0) is 13.3. The van der Waals surface area contributed by atoms with E-state index >= 15 is 0 Å². The van der Waals surface area contributed by atoms with Crippen molar-refractivity contribution in [1.82, 2.24) is 0 Å². The number of hydrogen-bond donors (Lipinski definition) is 1. The van der Waals surface area contributed by atoms with Crippen molar-refractivity contribution >= 4 is 22.9 Å². The summed E-state index contributed by atoms with van der Waals surface area (Å²) in [6.45, 7) is 9.01. The Morgan fingerprint density at radius 2 is 2.06 bits per heavy atom. The van der Waals surface area contributed by atoms with Gasteiger partial charge in [0.1, 0.15) is 4.99 Å². The highest BCUT2D eigenvalue weighted by atomic mass is 32.1. The van der Waals surface area contributed by atoms with Gasteiger partial charge in [0.05, 0.1) is 0 Å². The molecular formula is C15H22N2S. The van der Waals surface area contributed by atoms with Crippen LogP contribution in [0.1, 0.15) is 31.4 Å². The first kappa shape index (κ1) is 13.3. The minimum Gasteiger partial charge on any atom is -0.389 e. The van der Waals surface area contributed by atoms with Gasteiger partial charge in [-0.1, -0.05) is 38.2 Å². The number of anilines is 1. The van der Waals surface area contributed by atoms with E-state index in [1.54, 1.807) is 0 Å². The highest BCUT2D eigenvalue weighted by Crippen LogP contribution is 2.31. The van der Waals surface area contributed by atoms with Crippen LogP contribution in [0.5, 0.6) is 0 Å². The molecule has 2 rings (SSSR count). The molecular weight excluding hydrogens is 240 g/mol. The molecule has 1 aliphatic heterocycles. The lowest BCUT2D eigenvalue weighted by atomic mass is 9.88. The summed E-state index contributed by atoms with van der Waals surface area (Å²) in [5.74, 6) is 1.52. The fraction of sp³-hybridized carbons (Fsp3) is 0.533. The molecule has 1 aromatic carbocycles. The molecule has 1 aromatic rings. The van der Waals surface area contributed by atoms with Crippen LogP contribution in [0.25, 0.3) is 0 Å². The van der Waals surface area contributed by atoms with Crippen LogP contribution >= 0.6 is 12.2 Å². The van der Waals surface area contributed by atoms with E-state index < -0.39 is 0 Å². The second-order valence-corrected chi connectivity index (χ2v) is 5.96. The molecule has 3 heteroatoms. The average molecular weight is 262 g/mol. The molecule has 1 fully saturated rings. The van der Waals surface area contributed by atoms with E-state index in [4.69, 9.17) is 18.0 Å². The molecule has 1 heterocycles. The van der Waals surface area contributed by atoms with E-state index in [0.717, 1.165) is 30.5 Å². The molecule has 0 spiro atoms. The van der Waals surface area contributed by atoms with Gasteiger partial charge in [-0.2, -0.15) is 0 Å². The van der Waals surface area contributed by atoms with Crippen molar-refractivity contribution in [2.45, 2.75) is 27.2 Å². The zero-order valence-corrected chi connectivity index (χ0v) is 12.3. The topological polar surface area (TPSA) is 29.3 Å². The van der Waals surface area contributed by atoms with Crippen LogP contribution < -0.4 is 10.6 Å². The Morgan fingerprint density at radius 1 is 1.33 bits per heavy atom. The first-order valence-corrected chi connectivity index (χ1v) is 7.06. The van der Waals surface area contributed by atoms with Gasteiger partial charge in [0, 0.05) is 24.3 Å². The Morgan fingerprint density at radius 3 is 2.67 bits per heavy atom. The van der Waals surface area contributed by atoms with Crippen molar-refractivity contribution in [2.75, 3.05) is 18.0 Å². The number of para-hydroxylation sites is 1. The van der Waals surface area contributed by atoms with Gasteiger partial charge in [0.25, 0.3) is 0 Å². The van der Waals surface area contributed by atoms with Crippen LogP contribution in [-0.4, -0.2) is 18.1 Å². The molecule has 98 valence electrons. The highest BCUT2D eigenvalue weighted by molar-refractivity contribution is 7.80. The summed E-state index contributed by atoms with van der Waals surface area (Å²) in [4.78, 5) is 2.95. The lowest BCUT2D eigenvalue weighted by Crippen LogP contribution is -2.39. The predicted molar refractivity (Wildman–Crippen MR) is 82.2 cm³/mol.